The van der Waals surface area contributed by atoms with E-state index in [9.17, 15) is 19.8 Å². The van der Waals surface area contributed by atoms with Crippen LogP contribution in [0.2, 0.25) is 0 Å². The van der Waals surface area contributed by atoms with Crippen LogP contribution in [0.5, 0.6) is 5.75 Å². The summed E-state index contributed by atoms with van der Waals surface area (Å²) in [6.07, 6.45) is 0.744. The molecule has 0 bridgehead atoms. The van der Waals surface area contributed by atoms with Crippen molar-refractivity contribution in [3.8, 4) is 5.75 Å². The first kappa shape index (κ1) is 24.5. The molecule has 2 aromatic carbocycles. The van der Waals surface area contributed by atoms with Gasteiger partial charge in [0.05, 0.1) is 18.6 Å². The van der Waals surface area contributed by atoms with E-state index in [2.05, 4.69) is 5.32 Å². The van der Waals surface area contributed by atoms with Crippen LogP contribution < -0.4 is 10.1 Å². The summed E-state index contributed by atoms with van der Waals surface area (Å²) in [7, 11) is 0. The average molecular weight is 493 g/mol. The minimum Gasteiger partial charge on any atom is -0.486 e. The van der Waals surface area contributed by atoms with Crippen LogP contribution in [0, 0.1) is 6.92 Å². The highest BCUT2D eigenvalue weighted by Crippen LogP contribution is 2.47. The highest BCUT2D eigenvalue weighted by molar-refractivity contribution is 5.96. The lowest BCUT2D eigenvalue weighted by Gasteiger charge is -2.41. The van der Waals surface area contributed by atoms with E-state index in [4.69, 9.17) is 9.47 Å². The first-order chi connectivity index (χ1) is 17.5. The summed E-state index contributed by atoms with van der Waals surface area (Å²) >= 11 is 0. The minimum atomic E-state index is -1.06. The van der Waals surface area contributed by atoms with E-state index >= 15 is 0 Å². The van der Waals surface area contributed by atoms with E-state index in [1.54, 1.807) is 11.0 Å². The van der Waals surface area contributed by atoms with E-state index in [1.165, 1.54) is 0 Å². The lowest BCUT2D eigenvalue weighted by molar-refractivity contribution is -0.147. The fourth-order valence-electron chi connectivity index (χ4n) is 5.37. The molecule has 1 saturated heterocycles. The number of hydrogen-bond acceptors (Lipinski definition) is 6. The van der Waals surface area contributed by atoms with Gasteiger partial charge in [0.15, 0.2) is 0 Å². The van der Waals surface area contributed by atoms with Gasteiger partial charge in [0.25, 0.3) is 5.91 Å². The van der Waals surface area contributed by atoms with Gasteiger partial charge in [-0.25, -0.2) is 0 Å². The van der Waals surface area contributed by atoms with Crippen molar-refractivity contribution in [3.63, 3.8) is 0 Å². The molecule has 2 aromatic rings. The Bertz CT molecular complexity index is 1140. The Morgan fingerprint density at radius 1 is 1.14 bits per heavy atom. The smallest absolute Gasteiger partial charge is 0.252 e. The van der Waals surface area contributed by atoms with Gasteiger partial charge in [0.1, 0.15) is 24.1 Å². The number of nitrogens with one attached hydrogen (secondary N) is 1. The third kappa shape index (κ3) is 4.64. The van der Waals surface area contributed by atoms with Crippen LogP contribution in [0.4, 0.5) is 0 Å². The van der Waals surface area contributed by atoms with Gasteiger partial charge in [0, 0.05) is 30.8 Å². The van der Waals surface area contributed by atoms with E-state index in [1.807, 2.05) is 55.5 Å². The molecule has 3 aliphatic rings. The lowest BCUT2D eigenvalue weighted by Crippen LogP contribution is -2.57. The van der Waals surface area contributed by atoms with Crippen molar-refractivity contribution in [3.05, 3.63) is 76.9 Å². The zero-order chi connectivity index (χ0) is 25.2. The molecule has 0 saturated carbocycles. The summed E-state index contributed by atoms with van der Waals surface area (Å²) in [5, 5.41) is 23.6. The van der Waals surface area contributed by atoms with Crippen molar-refractivity contribution < 1.29 is 29.3 Å². The summed E-state index contributed by atoms with van der Waals surface area (Å²) in [6, 6.07) is 14.5. The second kappa shape index (κ2) is 10.4. The largest absolute Gasteiger partial charge is 0.486 e. The second-order valence-corrected chi connectivity index (χ2v) is 9.63. The van der Waals surface area contributed by atoms with Crippen LogP contribution in [0.15, 0.2) is 60.2 Å². The number of carbonyl (C=O) groups is 2. The molecule has 5 atom stereocenters. The number of fused-ring (bicyclic) bond motifs is 3. The second-order valence-electron chi connectivity index (χ2n) is 9.63. The van der Waals surface area contributed by atoms with Crippen molar-refractivity contribution in [1.82, 2.24) is 10.2 Å². The third-order valence-electron chi connectivity index (χ3n) is 7.20. The van der Waals surface area contributed by atoms with E-state index in [0.29, 0.717) is 24.4 Å². The van der Waals surface area contributed by atoms with Crippen LogP contribution in [0.25, 0.3) is 0 Å². The number of carbonyl (C=O) groups excluding carboxylic acids is 2. The highest BCUT2D eigenvalue weighted by Gasteiger charge is 2.51. The quantitative estimate of drug-likeness (QED) is 0.544. The van der Waals surface area contributed by atoms with Crippen LogP contribution in [-0.4, -0.2) is 71.0 Å². The standard InChI is InChI=1S/C28H32N2O6/c1-17-8-10-18(11-9-17)16-30(28(34)23-7-4-14-35-23)21-15-20(27(33)29-12-13-31)24-19-5-2-3-6-22(19)36-26(24)25(21)32/h2-3,5-6,8-11,15,21,23-26,31-32H,4,7,12-14,16H2,1H3,(H,29,33). The van der Waals surface area contributed by atoms with Crippen LogP contribution in [-0.2, 0) is 20.9 Å². The SMILES string of the molecule is Cc1ccc(CN(C(=O)C2CCCO2)C2C=C(C(=O)NCCO)C3c4ccccc4OC3C2O)cc1. The molecule has 0 radical (unpaired) electrons. The number of aliphatic hydroxyl groups excluding tert-OH is 2. The normalized spacial score (nSPS) is 26.4. The molecule has 5 rings (SSSR count). The van der Waals surface area contributed by atoms with E-state index < -0.39 is 30.3 Å². The molecule has 0 spiro atoms. The van der Waals surface area contributed by atoms with Gasteiger partial charge >= 0.3 is 0 Å². The molecule has 1 aliphatic carbocycles. The molecule has 2 amide bonds. The van der Waals surface area contributed by atoms with Crippen molar-refractivity contribution in [2.75, 3.05) is 19.8 Å². The van der Waals surface area contributed by atoms with Gasteiger partial charge in [-0.3, -0.25) is 9.59 Å². The molecule has 2 aliphatic heterocycles. The summed E-state index contributed by atoms with van der Waals surface area (Å²) in [5.41, 5.74) is 3.26. The van der Waals surface area contributed by atoms with Crippen LogP contribution in [0.1, 0.15) is 35.4 Å². The first-order valence-corrected chi connectivity index (χ1v) is 12.5. The molecule has 8 heteroatoms. The average Bonchev–Trinajstić information content (AvgIpc) is 3.56. The fourth-order valence-corrected chi connectivity index (χ4v) is 5.37. The summed E-state index contributed by atoms with van der Waals surface area (Å²) in [6.45, 7) is 2.69. The molecule has 190 valence electrons. The minimum absolute atomic E-state index is 0.102. The molecular formula is C28H32N2O6. The predicted octanol–water partition coefficient (Wildman–Crippen LogP) is 1.83. The number of nitrogens with zero attached hydrogens (tertiary/aromatic N) is 1. The maximum Gasteiger partial charge on any atom is 0.252 e. The summed E-state index contributed by atoms with van der Waals surface area (Å²) in [4.78, 5) is 28.6. The van der Waals surface area contributed by atoms with Gasteiger partial charge in [-0.1, -0.05) is 48.0 Å². The van der Waals surface area contributed by atoms with Gasteiger partial charge in [-0.2, -0.15) is 0 Å². The van der Waals surface area contributed by atoms with Crippen molar-refractivity contribution in [2.45, 2.75) is 56.6 Å². The van der Waals surface area contributed by atoms with Crippen molar-refractivity contribution in [2.24, 2.45) is 0 Å². The third-order valence-corrected chi connectivity index (χ3v) is 7.20. The van der Waals surface area contributed by atoms with E-state index in [-0.39, 0.29) is 31.5 Å². The number of rotatable bonds is 7. The molecule has 2 heterocycles. The molecule has 36 heavy (non-hydrogen) atoms. The summed E-state index contributed by atoms with van der Waals surface area (Å²) < 4.78 is 11.9. The number of hydrogen-bond donors (Lipinski definition) is 3. The van der Waals surface area contributed by atoms with Crippen LogP contribution >= 0.6 is 0 Å². The zero-order valence-electron chi connectivity index (χ0n) is 20.3. The molecular weight excluding hydrogens is 460 g/mol. The number of aliphatic hydroxyl groups is 2. The Morgan fingerprint density at radius 3 is 2.64 bits per heavy atom. The Balaban J connectivity index is 1.55. The monoisotopic (exact) mass is 492 g/mol. The van der Waals surface area contributed by atoms with Gasteiger partial charge in [-0.05, 0) is 37.5 Å². The number of benzene rings is 2. The number of aryl methyl sites for hydroxylation is 1. The van der Waals surface area contributed by atoms with Crippen LogP contribution in [0.3, 0.4) is 0 Å². The first-order valence-electron chi connectivity index (χ1n) is 12.5. The Kier molecular flexibility index (Phi) is 7.09. The van der Waals surface area contributed by atoms with Gasteiger partial charge in [0.2, 0.25) is 5.91 Å². The highest BCUT2D eigenvalue weighted by atomic mass is 16.5. The molecule has 8 nitrogen and oxygen atoms in total. The van der Waals surface area contributed by atoms with Gasteiger partial charge in [-0.15, -0.1) is 0 Å². The maximum absolute atomic E-state index is 13.7. The zero-order valence-corrected chi connectivity index (χ0v) is 20.3. The predicted molar refractivity (Wildman–Crippen MR) is 132 cm³/mol. The Hall–Kier alpha value is -3.20. The molecule has 5 unspecified atom stereocenters. The fraction of sp³-hybridized carbons (Fsp3) is 0.429. The van der Waals surface area contributed by atoms with Crippen molar-refractivity contribution >= 4 is 11.8 Å². The number of ether oxygens (including phenoxy) is 2. The Morgan fingerprint density at radius 2 is 1.92 bits per heavy atom. The number of para-hydroxylation sites is 1. The van der Waals surface area contributed by atoms with E-state index in [0.717, 1.165) is 23.1 Å². The molecule has 0 aromatic heterocycles. The molecule has 1 fully saturated rings. The Labute approximate surface area is 210 Å². The number of amides is 2. The van der Waals surface area contributed by atoms with Gasteiger partial charge < -0.3 is 29.9 Å². The topological polar surface area (TPSA) is 108 Å². The maximum atomic E-state index is 13.7. The van der Waals surface area contributed by atoms with Crippen molar-refractivity contribution in [1.29, 1.82) is 0 Å². The summed E-state index contributed by atoms with van der Waals surface area (Å²) in [5.74, 6) is -0.428. The molecule has 3 N–H and O–H groups in total. The lowest BCUT2D eigenvalue weighted by atomic mass is 9.77.